The number of pyridine rings is 1. The van der Waals surface area contributed by atoms with Crippen LogP contribution in [0, 0.1) is 10.1 Å². The third kappa shape index (κ3) is 2.87. The predicted octanol–water partition coefficient (Wildman–Crippen LogP) is 0.257. The van der Waals surface area contributed by atoms with Crippen molar-refractivity contribution in [2.24, 2.45) is 0 Å². The highest BCUT2D eigenvalue weighted by atomic mass is 32.2. The van der Waals surface area contributed by atoms with Crippen molar-refractivity contribution in [3.05, 3.63) is 27.9 Å². The summed E-state index contributed by atoms with van der Waals surface area (Å²) in [4.78, 5) is 26.7. The molecule has 9 heteroatoms. The van der Waals surface area contributed by atoms with E-state index >= 15 is 0 Å². The van der Waals surface area contributed by atoms with Gasteiger partial charge in [0.05, 0.1) is 4.92 Å². The third-order valence-corrected chi connectivity index (χ3v) is 4.05. The molecule has 0 amide bonds. The molecule has 0 radical (unpaired) electrons. The lowest BCUT2D eigenvalue weighted by atomic mass is 10.2. The number of hydrogen-bond acceptors (Lipinski definition) is 6. The molecule has 19 heavy (non-hydrogen) atoms. The number of carboxylic acids is 1. The van der Waals surface area contributed by atoms with E-state index in [0.29, 0.717) is 24.6 Å². The highest BCUT2D eigenvalue weighted by Gasteiger charge is 2.24. The van der Waals surface area contributed by atoms with Gasteiger partial charge in [-0.05, 0) is 0 Å². The molecule has 2 rings (SSSR count). The molecular weight excluding hydrogens is 274 g/mol. The van der Waals surface area contributed by atoms with Crippen LogP contribution < -0.4 is 4.90 Å². The molecule has 2 heterocycles. The highest BCUT2D eigenvalue weighted by Crippen LogP contribution is 2.23. The number of rotatable bonds is 3. The zero-order valence-electron chi connectivity index (χ0n) is 9.81. The Hall–Kier alpha value is -2.03. The van der Waals surface area contributed by atoms with E-state index in [1.165, 1.54) is 0 Å². The van der Waals surface area contributed by atoms with Gasteiger partial charge in [0.15, 0.2) is 0 Å². The molecule has 0 aliphatic carbocycles. The number of nitrogens with zero attached hydrogens (tertiary/aromatic N) is 3. The smallest absolute Gasteiger partial charge is 0.339 e. The first kappa shape index (κ1) is 13.4. The Kier molecular flexibility index (Phi) is 3.74. The summed E-state index contributed by atoms with van der Waals surface area (Å²) in [6.45, 7) is 0.857. The standard InChI is InChI=1S/C10H11N3O5S/c14-10(15)8-5-7(13(16)17)6-11-9(8)12-1-3-19(18)4-2-12/h5-6H,1-4H2,(H,14,15). The quantitative estimate of drug-likeness (QED) is 0.625. The van der Waals surface area contributed by atoms with Crippen molar-refractivity contribution in [1.29, 1.82) is 0 Å². The summed E-state index contributed by atoms with van der Waals surface area (Å²) in [5.41, 5.74) is -0.566. The summed E-state index contributed by atoms with van der Waals surface area (Å²) < 4.78 is 11.3. The van der Waals surface area contributed by atoms with E-state index in [0.717, 1.165) is 12.3 Å². The van der Waals surface area contributed by atoms with Crippen LogP contribution in [0.4, 0.5) is 11.5 Å². The number of nitro groups is 1. The maximum absolute atomic E-state index is 11.3. The lowest BCUT2D eigenvalue weighted by Crippen LogP contribution is -2.39. The van der Waals surface area contributed by atoms with Gasteiger partial charge in [-0.2, -0.15) is 0 Å². The van der Waals surface area contributed by atoms with Crippen LogP contribution in [0.15, 0.2) is 12.3 Å². The van der Waals surface area contributed by atoms with Crippen LogP contribution in [-0.4, -0.2) is 49.8 Å². The van der Waals surface area contributed by atoms with Gasteiger partial charge in [0.1, 0.15) is 17.6 Å². The van der Waals surface area contributed by atoms with Crippen LogP contribution in [0.5, 0.6) is 0 Å². The Morgan fingerprint density at radius 3 is 2.63 bits per heavy atom. The fourth-order valence-electron chi connectivity index (χ4n) is 1.81. The number of hydrogen-bond donors (Lipinski definition) is 1. The molecule has 0 unspecified atom stereocenters. The van der Waals surface area contributed by atoms with Crippen LogP contribution in [0.3, 0.4) is 0 Å². The van der Waals surface area contributed by atoms with Crippen LogP contribution in [-0.2, 0) is 10.8 Å². The largest absolute Gasteiger partial charge is 0.478 e. The Morgan fingerprint density at radius 2 is 2.11 bits per heavy atom. The minimum atomic E-state index is -1.27. The van der Waals surface area contributed by atoms with Crippen LogP contribution >= 0.6 is 0 Å². The van der Waals surface area contributed by atoms with E-state index in [4.69, 9.17) is 5.11 Å². The van der Waals surface area contributed by atoms with Crippen molar-refractivity contribution >= 4 is 28.3 Å². The summed E-state index contributed by atoms with van der Waals surface area (Å²) in [5.74, 6) is -0.192. The summed E-state index contributed by atoms with van der Waals surface area (Å²) >= 11 is 0. The topological polar surface area (TPSA) is 114 Å². The minimum Gasteiger partial charge on any atom is -0.478 e. The van der Waals surface area contributed by atoms with Crippen LogP contribution in [0.1, 0.15) is 10.4 Å². The molecule has 8 nitrogen and oxygen atoms in total. The predicted molar refractivity (Wildman–Crippen MR) is 67.9 cm³/mol. The second kappa shape index (κ2) is 5.31. The average Bonchev–Trinajstić information content (AvgIpc) is 2.38. The molecule has 1 aliphatic rings. The van der Waals surface area contributed by atoms with Gasteiger partial charge in [-0.3, -0.25) is 14.3 Å². The second-order valence-electron chi connectivity index (χ2n) is 3.96. The molecule has 1 fully saturated rings. The van der Waals surface area contributed by atoms with E-state index < -0.39 is 21.7 Å². The molecule has 0 atom stereocenters. The molecule has 0 spiro atoms. The maximum atomic E-state index is 11.3. The monoisotopic (exact) mass is 285 g/mol. The van der Waals surface area contributed by atoms with E-state index in [1.807, 2.05) is 0 Å². The summed E-state index contributed by atoms with van der Waals surface area (Å²) in [5, 5.41) is 19.7. The summed E-state index contributed by atoms with van der Waals surface area (Å²) in [7, 11) is -0.889. The van der Waals surface area contributed by atoms with Gasteiger partial charge < -0.3 is 10.0 Å². The molecule has 0 bridgehead atoms. The molecule has 0 aromatic carbocycles. The normalized spacial score (nSPS) is 16.3. The molecule has 102 valence electrons. The number of carboxylic acid groups (broad SMARTS) is 1. The van der Waals surface area contributed by atoms with E-state index in [9.17, 15) is 19.1 Å². The van der Waals surface area contributed by atoms with Crippen molar-refractivity contribution in [2.75, 3.05) is 29.5 Å². The van der Waals surface area contributed by atoms with Gasteiger partial charge in [0.25, 0.3) is 5.69 Å². The molecule has 1 N–H and O–H groups in total. The van der Waals surface area contributed by atoms with Gasteiger partial charge in [0, 0.05) is 41.5 Å². The van der Waals surface area contributed by atoms with E-state index in [-0.39, 0.29) is 17.1 Å². The minimum absolute atomic E-state index is 0.190. The Bertz CT molecular complexity index is 552. The van der Waals surface area contributed by atoms with Crippen molar-refractivity contribution in [3.8, 4) is 0 Å². The van der Waals surface area contributed by atoms with Crippen LogP contribution in [0.25, 0.3) is 0 Å². The second-order valence-corrected chi connectivity index (χ2v) is 5.66. The first-order valence-corrected chi connectivity index (χ1v) is 6.95. The number of anilines is 1. The number of aromatic carboxylic acids is 1. The Labute approximate surface area is 110 Å². The zero-order valence-corrected chi connectivity index (χ0v) is 10.6. The highest BCUT2D eigenvalue weighted by molar-refractivity contribution is 7.85. The number of carbonyl (C=O) groups is 1. The molecular formula is C10H11N3O5S. The SMILES string of the molecule is O=C(O)c1cc([N+](=O)[O-])cnc1N1CCS(=O)CC1. The van der Waals surface area contributed by atoms with Crippen molar-refractivity contribution in [3.63, 3.8) is 0 Å². The Morgan fingerprint density at radius 1 is 1.47 bits per heavy atom. The zero-order chi connectivity index (χ0) is 14.0. The number of aromatic nitrogens is 1. The third-order valence-electron chi connectivity index (χ3n) is 2.77. The van der Waals surface area contributed by atoms with E-state index in [2.05, 4.69) is 4.98 Å². The fraction of sp³-hybridized carbons (Fsp3) is 0.400. The molecule has 1 aliphatic heterocycles. The van der Waals surface area contributed by atoms with Gasteiger partial charge in [-0.1, -0.05) is 0 Å². The molecule has 1 saturated heterocycles. The first-order chi connectivity index (χ1) is 8.99. The first-order valence-electron chi connectivity index (χ1n) is 5.46. The van der Waals surface area contributed by atoms with Crippen molar-refractivity contribution in [2.45, 2.75) is 0 Å². The summed E-state index contributed by atoms with van der Waals surface area (Å²) in [6.07, 6.45) is 1.04. The lowest BCUT2D eigenvalue weighted by molar-refractivity contribution is -0.385. The lowest BCUT2D eigenvalue weighted by Gasteiger charge is -2.28. The Balaban J connectivity index is 2.36. The fourth-order valence-corrected chi connectivity index (χ4v) is 2.86. The van der Waals surface area contributed by atoms with Gasteiger partial charge >= 0.3 is 5.97 Å². The van der Waals surface area contributed by atoms with Gasteiger partial charge in [-0.25, -0.2) is 9.78 Å². The molecule has 1 aromatic rings. The van der Waals surface area contributed by atoms with Gasteiger partial charge in [0.2, 0.25) is 0 Å². The van der Waals surface area contributed by atoms with Crippen LogP contribution in [0.2, 0.25) is 0 Å². The van der Waals surface area contributed by atoms with Crippen molar-refractivity contribution in [1.82, 2.24) is 4.98 Å². The summed E-state index contributed by atoms with van der Waals surface area (Å²) in [6, 6.07) is 0.996. The molecule has 1 aromatic heterocycles. The van der Waals surface area contributed by atoms with Crippen molar-refractivity contribution < 1.29 is 19.0 Å². The maximum Gasteiger partial charge on any atom is 0.339 e. The molecule has 0 saturated carbocycles. The average molecular weight is 285 g/mol. The van der Waals surface area contributed by atoms with E-state index in [1.54, 1.807) is 4.90 Å². The van der Waals surface area contributed by atoms with Gasteiger partial charge in [-0.15, -0.1) is 0 Å².